The van der Waals surface area contributed by atoms with Gasteiger partial charge in [0.1, 0.15) is 31.7 Å². The van der Waals surface area contributed by atoms with E-state index in [0.717, 1.165) is 95.6 Å². The Kier molecular flexibility index (Phi) is 11.5. The Labute approximate surface area is 394 Å². The third-order valence-corrected chi connectivity index (χ3v) is 12.8. The van der Waals surface area contributed by atoms with E-state index in [-0.39, 0.29) is 0 Å². The SMILES string of the molecule is Cc1ccc(-c2cc(-c3ccc(-c4cnc(-[n+]5c(-c6ccc(C)cc6)cc(-c6ccncc6)cc5-c5ccc(C)cc5)cc4C)c[n+]3C)cc(-c3ccc(C)cc3)[n+]2-c2cc[n+](C)cc2)cc1. The Balaban J connectivity index is 1.10. The maximum absolute atomic E-state index is 5.29. The zero-order chi connectivity index (χ0) is 46.2. The summed E-state index contributed by atoms with van der Waals surface area (Å²) in [6, 6.07) is 59.7. The smallest absolute Gasteiger partial charge is 0.265 e. The normalized spacial score (nSPS) is 11.2. The molecule has 0 amide bonds. The number of pyridine rings is 6. The fourth-order valence-corrected chi connectivity index (χ4v) is 9.00. The monoisotopic (exact) mass is 870 g/mol. The Morgan fingerprint density at radius 1 is 0.373 bits per heavy atom. The van der Waals surface area contributed by atoms with Crippen molar-refractivity contribution in [2.75, 3.05) is 0 Å². The van der Waals surface area contributed by atoms with Gasteiger partial charge in [-0.2, -0.15) is 9.13 Å². The van der Waals surface area contributed by atoms with Gasteiger partial charge in [0.25, 0.3) is 0 Å². The van der Waals surface area contributed by atoms with Crippen LogP contribution < -0.4 is 18.3 Å². The molecule has 0 aliphatic heterocycles. The van der Waals surface area contributed by atoms with Gasteiger partial charge in [-0.15, -0.1) is 0 Å². The van der Waals surface area contributed by atoms with Crippen molar-refractivity contribution < 1.29 is 18.3 Å². The molecule has 0 fully saturated rings. The Morgan fingerprint density at radius 3 is 1.25 bits per heavy atom. The molecule has 6 heteroatoms. The molecule has 0 radical (unpaired) electrons. The molecule has 67 heavy (non-hydrogen) atoms. The summed E-state index contributed by atoms with van der Waals surface area (Å²) in [7, 11) is 4.20. The van der Waals surface area contributed by atoms with Crippen molar-refractivity contribution in [1.29, 1.82) is 0 Å². The molecule has 0 spiro atoms. The van der Waals surface area contributed by atoms with Crippen LogP contribution in [0.1, 0.15) is 27.8 Å². The van der Waals surface area contributed by atoms with E-state index in [4.69, 9.17) is 4.98 Å². The highest BCUT2D eigenvalue weighted by Gasteiger charge is 2.29. The van der Waals surface area contributed by atoms with Gasteiger partial charge in [-0.25, -0.2) is 9.13 Å². The lowest BCUT2D eigenvalue weighted by Gasteiger charge is -2.16. The van der Waals surface area contributed by atoms with Crippen molar-refractivity contribution >= 4 is 0 Å². The zero-order valence-corrected chi connectivity index (χ0v) is 39.2. The Morgan fingerprint density at radius 2 is 0.806 bits per heavy atom. The van der Waals surface area contributed by atoms with Crippen LogP contribution in [-0.2, 0) is 14.1 Å². The van der Waals surface area contributed by atoms with Crippen molar-refractivity contribution in [2.24, 2.45) is 14.1 Å². The molecule has 0 unspecified atom stereocenters. The molecule has 0 aliphatic rings. The minimum Gasteiger partial charge on any atom is -0.265 e. The van der Waals surface area contributed by atoms with Crippen molar-refractivity contribution in [2.45, 2.75) is 34.6 Å². The molecule has 0 saturated heterocycles. The summed E-state index contributed by atoms with van der Waals surface area (Å²) < 4.78 is 9.03. The summed E-state index contributed by atoms with van der Waals surface area (Å²) in [6.45, 7) is 10.7. The van der Waals surface area contributed by atoms with Gasteiger partial charge in [0, 0.05) is 70.0 Å². The number of hydrogen-bond donors (Lipinski definition) is 0. The largest absolute Gasteiger partial charge is 0.328 e. The molecular formula is C61H54N6+4. The van der Waals surface area contributed by atoms with Crippen LogP contribution in [0.15, 0.2) is 201 Å². The minimum absolute atomic E-state index is 0.853. The molecule has 6 nitrogen and oxygen atoms in total. The molecule has 6 aromatic heterocycles. The van der Waals surface area contributed by atoms with Crippen LogP contribution in [0.25, 0.3) is 90.0 Å². The van der Waals surface area contributed by atoms with Crippen molar-refractivity contribution in [3.8, 4) is 90.0 Å². The van der Waals surface area contributed by atoms with Crippen molar-refractivity contribution in [3.63, 3.8) is 0 Å². The average Bonchev–Trinajstić information content (AvgIpc) is 3.35. The van der Waals surface area contributed by atoms with Crippen LogP contribution in [0.5, 0.6) is 0 Å². The summed E-state index contributed by atoms with van der Waals surface area (Å²) >= 11 is 0. The summed E-state index contributed by atoms with van der Waals surface area (Å²) in [5.74, 6) is 0.853. The van der Waals surface area contributed by atoms with E-state index in [9.17, 15) is 0 Å². The minimum atomic E-state index is 0.853. The maximum atomic E-state index is 5.29. The molecular weight excluding hydrogens is 817 g/mol. The van der Waals surface area contributed by atoms with Crippen LogP contribution in [0, 0.1) is 34.6 Å². The van der Waals surface area contributed by atoms with Gasteiger partial charge >= 0.3 is 5.82 Å². The summed E-state index contributed by atoms with van der Waals surface area (Å²) in [4.78, 5) is 9.61. The first-order valence-corrected chi connectivity index (χ1v) is 22.9. The van der Waals surface area contributed by atoms with Crippen LogP contribution in [0.4, 0.5) is 0 Å². The van der Waals surface area contributed by atoms with Gasteiger partial charge in [-0.05, 0) is 111 Å². The molecule has 10 rings (SSSR count). The molecule has 10 aromatic rings. The van der Waals surface area contributed by atoms with E-state index in [1.54, 1.807) is 0 Å². The van der Waals surface area contributed by atoms with Crippen LogP contribution in [0.3, 0.4) is 0 Å². The first-order valence-electron chi connectivity index (χ1n) is 22.9. The van der Waals surface area contributed by atoms with Gasteiger partial charge in [-0.3, -0.25) is 4.98 Å². The van der Waals surface area contributed by atoms with Crippen molar-refractivity contribution in [3.05, 3.63) is 229 Å². The molecule has 6 heterocycles. The second-order valence-electron chi connectivity index (χ2n) is 17.9. The van der Waals surface area contributed by atoms with Gasteiger partial charge in [0.05, 0.1) is 17.7 Å². The third-order valence-electron chi connectivity index (χ3n) is 12.8. The van der Waals surface area contributed by atoms with Crippen molar-refractivity contribution in [1.82, 2.24) is 9.97 Å². The fourth-order valence-electron chi connectivity index (χ4n) is 9.00. The summed E-state index contributed by atoms with van der Waals surface area (Å²) in [5.41, 5.74) is 22.6. The fraction of sp³-hybridized carbons (Fsp3) is 0.115. The lowest BCUT2D eigenvalue weighted by Crippen LogP contribution is -2.38. The Hall–Kier alpha value is -8.22. The number of aromatic nitrogens is 6. The zero-order valence-electron chi connectivity index (χ0n) is 39.2. The number of hydrogen-bond acceptors (Lipinski definition) is 2. The summed E-state index contributed by atoms with van der Waals surface area (Å²) in [6.07, 6.45) is 12.2. The molecule has 4 aromatic carbocycles. The van der Waals surface area contributed by atoms with Gasteiger partial charge < -0.3 is 0 Å². The first kappa shape index (κ1) is 42.7. The predicted octanol–water partition coefficient (Wildman–Crippen LogP) is 11.9. The maximum Gasteiger partial charge on any atom is 0.328 e. The molecule has 0 atom stereocenters. The highest BCUT2D eigenvalue weighted by atomic mass is 15.1. The standard InChI is InChI=1S/C61H54N6/c1-41-8-16-47(17-9-41)57-37-53(38-58(48-18-10-42(2)11-19-48)66(57)54-28-32-64(6)33-29-54)56-25-24-51(40-65(56)7)55-39-63-61(34-45(55)5)67-59(49-20-12-43(3)13-21-49)35-52(46-26-30-62-31-27-46)36-60(67)50-22-14-44(4)15-23-50/h8-40H,1-7H3/q+4. The molecule has 0 aliphatic carbocycles. The van der Waals surface area contributed by atoms with E-state index in [1.165, 1.54) is 22.3 Å². The van der Waals surface area contributed by atoms with Gasteiger partial charge in [0.15, 0.2) is 18.6 Å². The lowest BCUT2D eigenvalue weighted by molar-refractivity contribution is -0.673. The van der Waals surface area contributed by atoms with E-state index in [2.05, 4.69) is 254 Å². The van der Waals surface area contributed by atoms with Crippen LogP contribution >= 0.6 is 0 Å². The Bertz CT molecular complexity index is 3280. The highest BCUT2D eigenvalue weighted by molar-refractivity contribution is 5.76. The number of nitrogens with zero attached hydrogens (tertiary/aromatic N) is 6. The quantitative estimate of drug-likeness (QED) is 0.136. The first-order chi connectivity index (χ1) is 32.6. The predicted molar refractivity (Wildman–Crippen MR) is 269 cm³/mol. The number of rotatable bonds is 9. The number of benzene rings is 4. The summed E-state index contributed by atoms with van der Waals surface area (Å²) in [5, 5.41) is 0. The number of aryl methyl sites for hydroxylation is 7. The molecule has 0 bridgehead atoms. The lowest BCUT2D eigenvalue weighted by atomic mass is 9.98. The highest BCUT2D eigenvalue weighted by Crippen LogP contribution is 2.34. The van der Waals surface area contributed by atoms with Crippen LogP contribution in [-0.4, -0.2) is 9.97 Å². The second kappa shape index (κ2) is 18.0. The topological polar surface area (TPSA) is 41.3 Å². The second-order valence-corrected chi connectivity index (χ2v) is 17.9. The van der Waals surface area contributed by atoms with E-state index in [0.29, 0.717) is 0 Å². The van der Waals surface area contributed by atoms with Crippen LogP contribution in [0.2, 0.25) is 0 Å². The molecule has 324 valence electrons. The van der Waals surface area contributed by atoms with E-state index in [1.807, 2.05) is 18.6 Å². The van der Waals surface area contributed by atoms with E-state index < -0.39 is 0 Å². The van der Waals surface area contributed by atoms with E-state index >= 15 is 0 Å². The molecule has 0 N–H and O–H groups in total. The van der Waals surface area contributed by atoms with Gasteiger partial charge in [0.2, 0.25) is 22.8 Å². The third kappa shape index (κ3) is 8.70. The van der Waals surface area contributed by atoms with Gasteiger partial charge in [-0.1, -0.05) is 95.1 Å². The molecule has 0 saturated carbocycles. The average molecular weight is 871 g/mol.